The van der Waals surface area contributed by atoms with Crippen molar-refractivity contribution in [3.8, 4) is 6.07 Å². The Bertz CT molecular complexity index is 404. The van der Waals surface area contributed by atoms with Gasteiger partial charge >= 0.3 is 0 Å². The number of hydrogen-bond acceptors (Lipinski definition) is 2. The number of aryl methyl sites for hydroxylation is 1. The molecule has 0 saturated carbocycles. The van der Waals surface area contributed by atoms with Crippen molar-refractivity contribution in [3.63, 3.8) is 0 Å². The number of ketones is 1. The molecule has 0 aliphatic rings. The molecule has 0 amide bonds. The van der Waals surface area contributed by atoms with Gasteiger partial charge in [-0.05, 0) is 31.5 Å². The highest BCUT2D eigenvalue weighted by Crippen LogP contribution is 2.16. The Labute approximate surface area is 75.6 Å². The van der Waals surface area contributed by atoms with Crippen LogP contribution in [0.2, 0.25) is 0 Å². The maximum absolute atomic E-state index is 12.8. The van der Waals surface area contributed by atoms with Gasteiger partial charge in [-0.15, -0.1) is 0 Å². The van der Waals surface area contributed by atoms with E-state index >= 15 is 0 Å². The van der Waals surface area contributed by atoms with E-state index in [0.29, 0.717) is 11.1 Å². The summed E-state index contributed by atoms with van der Waals surface area (Å²) < 4.78 is 12.8. The second kappa shape index (κ2) is 3.36. The summed E-state index contributed by atoms with van der Waals surface area (Å²) in [5.74, 6) is -0.701. The van der Waals surface area contributed by atoms with Gasteiger partial charge in [0.05, 0.1) is 11.6 Å². The Kier molecular flexibility index (Phi) is 2.43. The van der Waals surface area contributed by atoms with Crippen LogP contribution in [0, 0.1) is 24.1 Å². The van der Waals surface area contributed by atoms with E-state index < -0.39 is 5.82 Å². The molecule has 0 heterocycles. The average Bonchev–Trinajstić information content (AvgIpc) is 2.01. The molecule has 1 aromatic carbocycles. The minimum atomic E-state index is -0.487. The fraction of sp³-hybridized carbons (Fsp3) is 0.200. The van der Waals surface area contributed by atoms with Gasteiger partial charge in [-0.25, -0.2) is 4.39 Å². The quantitative estimate of drug-likeness (QED) is 0.617. The molecule has 0 unspecified atom stereocenters. The molecule has 0 aliphatic heterocycles. The predicted molar refractivity (Wildman–Crippen MR) is 45.9 cm³/mol. The monoisotopic (exact) mass is 177 g/mol. The van der Waals surface area contributed by atoms with Crippen LogP contribution in [-0.4, -0.2) is 5.78 Å². The van der Waals surface area contributed by atoms with Gasteiger partial charge in [-0.2, -0.15) is 5.26 Å². The van der Waals surface area contributed by atoms with Crippen LogP contribution in [0.25, 0.3) is 0 Å². The van der Waals surface area contributed by atoms with Gasteiger partial charge < -0.3 is 0 Å². The zero-order valence-electron chi connectivity index (χ0n) is 7.39. The molecule has 13 heavy (non-hydrogen) atoms. The molecule has 0 saturated heterocycles. The van der Waals surface area contributed by atoms with Crippen molar-refractivity contribution >= 4 is 5.78 Å². The molecule has 3 heteroatoms. The molecule has 1 rings (SSSR count). The van der Waals surface area contributed by atoms with E-state index in [-0.39, 0.29) is 11.3 Å². The first-order chi connectivity index (χ1) is 6.06. The first-order valence-electron chi connectivity index (χ1n) is 3.77. The Morgan fingerprint density at radius 2 is 2.15 bits per heavy atom. The van der Waals surface area contributed by atoms with Crippen LogP contribution in [0.4, 0.5) is 4.39 Å². The number of carbonyl (C=O) groups excluding carboxylic acids is 1. The summed E-state index contributed by atoms with van der Waals surface area (Å²) in [4.78, 5) is 11.1. The molecule has 66 valence electrons. The Morgan fingerprint density at radius 3 is 2.62 bits per heavy atom. The standard InChI is InChI=1S/C10H8FNO/c1-6-3-9(11)4-8(5-12)10(6)7(2)13/h3-4H,1-2H3. The summed E-state index contributed by atoms with van der Waals surface area (Å²) in [6.07, 6.45) is 0. The Morgan fingerprint density at radius 1 is 1.54 bits per heavy atom. The lowest BCUT2D eigenvalue weighted by atomic mass is 9.99. The van der Waals surface area contributed by atoms with E-state index in [1.165, 1.54) is 13.0 Å². The van der Waals surface area contributed by atoms with Crippen molar-refractivity contribution < 1.29 is 9.18 Å². The van der Waals surface area contributed by atoms with Crippen LogP contribution in [0.3, 0.4) is 0 Å². The van der Waals surface area contributed by atoms with E-state index in [0.717, 1.165) is 6.07 Å². The number of halogens is 1. The first kappa shape index (κ1) is 9.40. The SMILES string of the molecule is CC(=O)c1c(C)cc(F)cc1C#N. The summed E-state index contributed by atoms with van der Waals surface area (Å²) in [5.41, 5.74) is 0.915. The minimum absolute atomic E-state index is 0.102. The highest BCUT2D eigenvalue weighted by Gasteiger charge is 2.11. The predicted octanol–water partition coefficient (Wildman–Crippen LogP) is 2.21. The molecule has 0 bridgehead atoms. The normalized spacial score (nSPS) is 9.38. The second-order valence-electron chi connectivity index (χ2n) is 2.81. The Hall–Kier alpha value is -1.69. The van der Waals surface area contributed by atoms with Gasteiger partial charge in [-0.3, -0.25) is 4.79 Å². The van der Waals surface area contributed by atoms with Crippen LogP contribution in [-0.2, 0) is 0 Å². The van der Waals surface area contributed by atoms with Crippen LogP contribution >= 0.6 is 0 Å². The zero-order chi connectivity index (χ0) is 10.0. The molecule has 0 atom stereocenters. The highest BCUT2D eigenvalue weighted by molar-refractivity contribution is 5.97. The lowest BCUT2D eigenvalue weighted by Gasteiger charge is -2.03. The van der Waals surface area contributed by atoms with Crippen LogP contribution in [0.15, 0.2) is 12.1 Å². The molecule has 2 nitrogen and oxygen atoms in total. The number of benzene rings is 1. The van der Waals surface area contributed by atoms with Crippen molar-refractivity contribution in [2.45, 2.75) is 13.8 Å². The summed E-state index contributed by atoms with van der Waals surface area (Å²) in [7, 11) is 0. The van der Waals surface area contributed by atoms with Crippen LogP contribution in [0.5, 0.6) is 0 Å². The smallest absolute Gasteiger partial charge is 0.161 e. The van der Waals surface area contributed by atoms with Gasteiger partial charge in [0, 0.05) is 5.56 Å². The number of nitriles is 1. The van der Waals surface area contributed by atoms with Gasteiger partial charge in [-0.1, -0.05) is 0 Å². The van der Waals surface area contributed by atoms with Gasteiger partial charge in [0.1, 0.15) is 5.82 Å². The topological polar surface area (TPSA) is 40.9 Å². The number of rotatable bonds is 1. The third kappa shape index (κ3) is 1.73. The fourth-order valence-electron chi connectivity index (χ4n) is 1.30. The maximum atomic E-state index is 12.8. The molecule has 0 N–H and O–H groups in total. The number of carbonyl (C=O) groups is 1. The van der Waals surface area contributed by atoms with E-state index in [2.05, 4.69) is 0 Å². The van der Waals surface area contributed by atoms with E-state index in [1.807, 2.05) is 0 Å². The largest absolute Gasteiger partial charge is 0.294 e. The fourth-order valence-corrected chi connectivity index (χ4v) is 1.30. The minimum Gasteiger partial charge on any atom is -0.294 e. The molecular formula is C10H8FNO. The molecule has 0 spiro atoms. The van der Waals surface area contributed by atoms with Gasteiger partial charge in [0.15, 0.2) is 5.78 Å². The van der Waals surface area contributed by atoms with Gasteiger partial charge in [0.25, 0.3) is 0 Å². The van der Waals surface area contributed by atoms with Crippen molar-refractivity contribution in [1.29, 1.82) is 5.26 Å². The third-order valence-electron chi connectivity index (χ3n) is 1.77. The van der Waals surface area contributed by atoms with E-state index in [9.17, 15) is 9.18 Å². The number of Topliss-reactive ketones (excluding diaryl/α,β-unsaturated/α-hetero) is 1. The van der Waals surface area contributed by atoms with Gasteiger partial charge in [0.2, 0.25) is 0 Å². The molecule has 0 fully saturated rings. The van der Waals surface area contributed by atoms with Crippen molar-refractivity contribution in [2.75, 3.05) is 0 Å². The molecule has 0 aliphatic carbocycles. The summed E-state index contributed by atoms with van der Waals surface area (Å²) in [5, 5.41) is 8.65. The summed E-state index contributed by atoms with van der Waals surface area (Å²) >= 11 is 0. The third-order valence-corrected chi connectivity index (χ3v) is 1.77. The lowest BCUT2D eigenvalue weighted by Crippen LogP contribution is -2.01. The summed E-state index contributed by atoms with van der Waals surface area (Å²) in [6.45, 7) is 2.97. The van der Waals surface area contributed by atoms with Crippen molar-refractivity contribution in [3.05, 3.63) is 34.6 Å². The molecule has 0 aromatic heterocycles. The average molecular weight is 177 g/mol. The molecule has 0 radical (unpaired) electrons. The summed E-state index contributed by atoms with van der Waals surface area (Å²) in [6, 6.07) is 4.12. The molecule has 1 aromatic rings. The number of nitrogens with zero attached hydrogens (tertiary/aromatic N) is 1. The van der Waals surface area contributed by atoms with E-state index in [1.54, 1.807) is 13.0 Å². The number of hydrogen-bond donors (Lipinski definition) is 0. The highest BCUT2D eigenvalue weighted by atomic mass is 19.1. The zero-order valence-corrected chi connectivity index (χ0v) is 7.39. The van der Waals surface area contributed by atoms with Crippen molar-refractivity contribution in [2.24, 2.45) is 0 Å². The Balaban J connectivity index is 3.50. The maximum Gasteiger partial charge on any atom is 0.161 e. The first-order valence-corrected chi connectivity index (χ1v) is 3.77. The van der Waals surface area contributed by atoms with Crippen LogP contribution in [0.1, 0.15) is 28.4 Å². The lowest BCUT2D eigenvalue weighted by molar-refractivity contribution is 0.101. The van der Waals surface area contributed by atoms with E-state index in [4.69, 9.17) is 5.26 Å². The van der Waals surface area contributed by atoms with Crippen LogP contribution < -0.4 is 0 Å². The second-order valence-corrected chi connectivity index (χ2v) is 2.81. The molecular weight excluding hydrogens is 169 g/mol. The van der Waals surface area contributed by atoms with Crippen molar-refractivity contribution in [1.82, 2.24) is 0 Å².